The van der Waals surface area contributed by atoms with E-state index in [0.717, 1.165) is 5.69 Å². The molecule has 5 nitrogen and oxygen atoms in total. The number of aromatic hydroxyl groups is 2. The molecule has 1 heterocycles. The first-order valence-electron chi connectivity index (χ1n) is 6.41. The van der Waals surface area contributed by atoms with Crippen LogP contribution in [0.5, 0.6) is 11.5 Å². The summed E-state index contributed by atoms with van der Waals surface area (Å²) in [6.07, 6.45) is 4.67. The maximum atomic E-state index is 12.0. The molecule has 0 fully saturated rings. The lowest BCUT2D eigenvalue weighted by molar-refractivity contribution is -0.125. The third-order valence-corrected chi connectivity index (χ3v) is 2.92. The predicted octanol–water partition coefficient (Wildman–Crippen LogP) is 2.16. The molecule has 108 valence electrons. The first-order chi connectivity index (χ1) is 10.1. The van der Waals surface area contributed by atoms with Crippen LogP contribution in [0, 0.1) is 0 Å². The van der Waals surface area contributed by atoms with Crippen molar-refractivity contribution in [2.75, 3.05) is 7.05 Å². The molecule has 0 aliphatic rings. The minimum Gasteiger partial charge on any atom is -0.504 e. The van der Waals surface area contributed by atoms with Gasteiger partial charge in [0.05, 0.1) is 12.2 Å². The van der Waals surface area contributed by atoms with Crippen LogP contribution in [0.25, 0.3) is 6.08 Å². The maximum absolute atomic E-state index is 12.0. The number of nitrogens with zero attached hydrogens (tertiary/aromatic N) is 2. The standard InChI is InChI=1S/C16H16N2O3/c1-18(11-13-4-2-3-9-17-13)16(21)8-6-12-5-7-14(19)15(20)10-12/h2-10,19-20H,11H2,1H3/b8-6+. The van der Waals surface area contributed by atoms with Gasteiger partial charge in [0.15, 0.2) is 11.5 Å². The highest BCUT2D eigenvalue weighted by Crippen LogP contribution is 2.25. The average Bonchev–Trinajstić information content (AvgIpc) is 2.49. The summed E-state index contributed by atoms with van der Waals surface area (Å²) in [5.41, 5.74) is 1.44. The summed E-state index contributed by atoms with van der Waals surface area (Å²) < 4.78 is 0. The SMILES string of the molecule is CN(Cc1ccccn1)C(=O)/C=C/c1ccc(O)c(O)c1. The number of rotatable bonds is 4. The molecule has 0 saturated carbocycles. The molecule has 0 saturated heterocycles. The van der Waals surface area contributed by atoms with Crippen LogP contribution < -0.4 is 0 Å². The minimum absolute atomic E-state index is 0.173. The lowest BCUT2D eigenvalue weighted by atomic mass is 10.2. The number of carbonyl (C=O) groups excluding carboxylic acids is 1. The number of aromatic nitrogens is 1. The van der Waals surface area contributed by atoms with Crippen LogP contribution >= 0.6 is 0 Å². The third-order valence-electron chi connectivity index (χ3n) is 2.92. The van der Waals surface area contributed by atoms with E-state index in [-0.39, 0.29) is 17.4 Å². The Morgan fingerprint density at radius 3 is 2.71 bits per heavy atom. The quantitative estimate of drug-likeness (QED) is 0.666. The van der Waals surface area contributed by atoms with Crippen LogP contribution in [-0.2, 0) is 11.3 Å². The van der Waals surface area contributed by atoms with Gasteiger partial charge in [0.2, 0.25) is 5.91 Å². The molecule has 1 amide bonds. The number of likely N-dealkylation sites (N-methyl/N-ethyl adjacent to an activating group) is 1. The Morgan fingerprint density at radius 1 is 1.24 bits per heavy atom. The molecule has 2 aromatic rings. The zero-order chi connectivity index (χ0) is 15.2. The molecule has 0 aliphatic heterocycles. The van der Waals surface area contributed by atoms with Crippen LogP contribution in [0.3, 0.4) is 0 Å². The number of hydrogen-bond acceptors (Lipinski definition) is 4. The van der Waals surface area contributed by atoms with Gasteiger partial charge >= 0.3 is 0 Å². The monoisotopic (exact) mass is 284 g/mol. The highest BCUT2D eigenvalue weighted by Gasteiger charge is 2.06. The molecule has 1 aromatic heterocycles. The van der Waals surface area contributed by atoms with Gasteiger partial charge in [-0.3, -0.25) is 9.78 Å². The van der Waals surface area contributed by atoms with Crippen molar-refractivity contribution in [3.05, 3.63) is 59.9 Å². The van der Waals surface area contributed by atoms with Gasteiger partial charge in [0, 0.05) is 19.3 Å². The Morgan fingerprint density at radius 2 is 2.05 bits per heavy atom. The van der Waals surface area contributed by atoms with E-state index in [2.05, 4.69) is 4.98 Å². The average molecular weight is 284 g/mol. The number of phenolic OH excluding ortho intramolecular Hbond substituents is 2. The number of pyridine rings is 1. The highest BCUT2D eigenvalue weighted by molar-refractivity contribution is 5.91. The van der Waals surface area contributed by atoms with E-state index in [0.29, 0.717) is 12.1 Å². The first kappa shape index (κ1) is 14.6. The molecule has 1 aromatic carbocycles. The molecule has 5 heteroatoms. The number of amides is 1. The van der Waals surface area contributed by atoms with Gasteiger partial charge < -0.3 is 15.1 Å². The fourth-order valence-electron chi connectivity index (χ4n) is 1.75. The maximum Gasteiger partial charge on any atom is 0.246 e. The van der Waals surface area contributed by atoms with Crippen molar-refractivity contribution in [3.63, 3.8) is 0 Å². The second-order valence-electron chi connectivity index (χ2n) is 4.60. The van der Waals surface area contributed by atoms with Gasteiger partial charge in [-0.25, -0.2) is 0 Å². The summed E-state index contributed by atoms with van der Waals surface area (Å²) in [6, 6.07) is 9.91. The molecule has 0 radical (unpaired) electrons. The Labute approximate surface area is 122 Å². The van der Waals surface area contributed by atoms with E-state index in [4.69, 9.17) is 0 Å². The van der Waals surface area contributed by atoms with Gasteiger partial charge in [0.25, 0.3) is 0 Å². The van der Waals surface area contributed by atoms with Crippen molar-refractivity contribution in [2.45, 2.75) is 6.54 Å². The molecule has 0 aliphatic carbocycles. The molecule has 2 N–H and O–H groups in total. The number of hydrogen-bond donors (Lipinski definition) is 2. The van der Waals surface area contributed by atoms with Crippen molar-refractivity contribution in [2.24, 2.45) is 0 Å². The van der Waals surface area contributed by atoms with Crippen LogP contribution in [0.1, 0.15) is 11.3 Å². The first-order valence-corrected chi connectivity index (χ1v) is 6.41. The zero-order valence-corrected chi connectivity index (χ0v) is 11.6. The minimum atomic E-state index is -0.216. The molecule has 0 bridgehead atoms. The van der Waals surface area contributed by atoms with Crippen molar-refractivity contribution in [1.29, 1.82) is 0 Å². The fourth-order valence-corrected chi connectivity index (χ4v) is 1.75. The van der Waals surface area contributed by atoms with Crippen molar-refractivity contribution in [3.8, 4) is 11.5 Å². The lowest BCUT2D eigenvalue weighted by Crippen LogP contribution is -2.24. The van der Waals surface area contributed by atoms with E-state index in [9.17, 15) is 15.0 Å². The number of phenols is 2. The van der Waals surface area contributed by atoms with Crippen LogP contribution in [0.15, 0.2) is 48.7 Å². The second-order valence-corrected chi connectivity index (χ2v) is 4.60. The Hall–Kier alpha value is -2.82. The van der Waals surface area contributed by atoms with Crippen LogP contribution in [0.2, 0.25) is 0 Å². The summed E-state index contributed by atoms with van der Waals surface area (Å²) in [5.74, 6) is -0.578. The van der Waals surface area contributed by atoms with Gasteiger partial charge in [-0.1, -0.05) is 12.1 Å². The topological polar surface area (TPSA) is 73.7 Å². The molecule has 0 spiro atoms. The molecular weight excluding hydrogens is 268 g/mol. The third kappa shape index (κ3) is 4.07. The van der Waals surface area contributed by atoms with Gasteiger partial charge in [-0.15, -0.1) is 0 Å². The van der Waals surface area contributed by atoms with Gasteiger partial charge in [-0.05, 0) is 35.9 Å². The normalized spacial score (nSPS) is 10.7. The highest BCUT2D eigenvalue weighted by atomic mass is 16.3. The largest absolute Gasteiger partial charge is 0.504 e. The summed E-state index contributed by atoms with van der Waals surface area (Å²) in [5, 5.41) is 18.6. The molecule has 21 heavy (non-hydrogen) atoms. The lowest BCUT2D eigenvalue weighted by Gasteiger charge is -2.14. The van der Waals surface area contributed by atoms with E-state index < -0.39 is 0 Å². The molecule has 2 rings (SSSR count). The van der Waals surface area contributed by atoms with Crippen LogP contribution in [0.4, 0.5) is 0 Å². The van der Waals surface area contributed by atoms with Gasteiger partial charge in [0.1, 0.15) is 0 Å². The predicted molar refractivity (Wildman–Crippen MR) is 79.5 cm³/mol. The smallest absolute Gasteiger partial charge is 0.246 e. The van der Waals surface area contributed by atoms with E-state index >= 15 is 0 Å². The Balaban J connectivity index is 1.99. The van der Waals surface area contributed by atoms with Crippen molar-refractivity contribution >= 4 is 12.0 Å². The molecule has 0 unspecified atom stereocenters. The van der Waals surface area contributed by atoms with Crippen molar-refractivity contribution < 1.29 is 15.0 Å². The second kappa shape index (κ2) is 6.56. The Kier molecular flexibility index (Phi) is 4.56. The summed E-state index contributed by atoms with van der Waals surface area (Å²) in [6.45, 7) is 0.421. The van der Waals surface area contributed by atoms with E-state index in [1.807, 2.05) is 18.2 Å². The number of benzene rings is 1. The zero-order valence-electron chi connectivity index (χ0n) is 11.6. The van der Waals surface area contributed by atoms with Gasteiger partial charge in [-0.2, -0.15) is 0 Å². The summed E-state index contributed by atoms with van der Waals surface area (Å²) in [4.78, 5) is 17.7. The summed E-state index contributed by atoms with van der Waals surface area (Å²) >= 11 is 0. The van der Waals surface area contributed by atoms with Crippen LogP contribution in [-0.4, -0.2) is 33.1 Å². The summed E-state index contributed by atoms with van der Waals surface area (Å²) in [7, 11) is 1.69. The van der Waals surface area contributed by atoms with Crippen molar-refractivity contribution in [1.82, 2.24) is 9.88 Å². The number of carbonyl (C=O) groups is 1. The molecule has 0 atom stereocenters. The fraction of sp³-hybridized carbons (Fsp3) is 0.125. The Bertz CT molecular complexity index is 654. The molecular formula is C16H16N2O3. The van der Waals surface area contributed by atoms with E-state index in [1.165, 1.54) is 18.2 Å². The van der Waals surface area contributed by atoms with E-state index in [1.54, 1.807) is 30.3 Å².